The first-order valence-corrected chi connectivity index (χ1v) is 8.34. The van der Waals surface area contributed by atoms with Gasteiger partial charge >= 0.3 is 0 Å². The molecule has 3 rings (SSSR count). The van der Waals surface area contributed by atoms with Crippen molar-refractivity contribution in [3.8, 4) is 0 Å². The third-order valence-corrected chi connectivity index (χ3v) is 4.68. The van der Waals surface area contributed by atoms with E-state index >= 15 is 0 Å². The maximum atomic E-state index is 12.2. The van der Waals surface area contributed by atoms with Crippen LogP contribution in [0.2, 0.25) is 0 Å². The molecule has 0 spiro atoms. The summed E-state index contributed by atoms with van der Waals surface area (Å²) in [5.41, 5.74) is 1.77. The lowest BCUT2D eigenvalue weighted by atomic mass is 10.1. The van der Waals surface area contributed by atoms with Crippen molar-refractivity contribution in [1.29, 1.82) is 0 Å². The second kappa shape index (κ2) is 5.73. The first kappa shape index (κ1) is 14.5. The van der Waals surface area contributed by atoms with E-state index in [-0.39, 0.29) is 4.90 Å². The summed E-state index contributed by atoms with van der Waals surface area (Å²) in [6.07, 6.45) is 1.39. The van der Waals surface area contributed by atoms with E-state index in [0.717, 1.165) is 21.9 Å². The fourth-order valence-electron chi connectivity index (χ4n) is 2.19. The zero-order valence-corrected chi connectivity index (χ0v) is 12.9. The maximum absolute atomic E-state index is 12.2. The van der Waals surface area contributed by atoms with Crippen molar-refractivity contribution >= 4 is 27.0 Å². The van der Waals surface area contributed by atoms with Crippen molar-refractivity contribution in [3.05, 3.63) is 77.9 Å². The average Bonchev–Trinajstić information content (AvgIpc) is 2.53. The molecule has 0 aromatic heterocycles. The standard InChI is InChI=1S/C18H15NO2S/c1-14-6-10-18(11-7-14)22(20,21)19-13-15-8-9-16-4-2-3-5-17(16)12-15/h2-13H,1H3/b19-13-. The van der Waals surface area contributed by atoms with Gasteiger partial charge in [-0.1, -0.05) is 54.1 Å². The van der Waals surface area contributed by atoms with Gasteiger partial charge in [-0.05, 0) is 41.5 Å². The lowest BCUT2D eigenvalue weighted by Crippen LogP contribution is -1.97. The Labute approximate surface area is 130 Å². The minimum absolute atomic E-state index is 0.204. The van der Waals surface area contributed by atoms with Gasteiger partial charge in [-0.25, -0.2) is 0 Å². The third-order valence-electron chi connectivity index (χ3n) is 3.43. The summed E-state index contributed by atoms with van der Waals surface area (Å²) in [6, 6.07) is 20.3. The first-order chi connectivity index (χ1) is 10.5. The SMILES string of the molecule is Cc1ccc(S(=O)(=O)/N=C\c2ccc3ccccc3c2)cc1. The molecule has 0 saturated carbocycles. The van der Waals surface area contributed by atoms with Gasteiger partial charge in [-0.3, -0.25) is 0 Å². The highest BCUT2D eigenvalue weighted by molar-refractivity contribution is 7.90. The second-order valence-electron chi connectivity index (χ2n) is 5.13. The topological polar surface area (TPSA) is 46.5 Å². The molecule has 0 radical (unpaired) electrons. The molecule has 0 bridgehead atoms. The lowest BCUT2D eigenvalue weighted by Gasteiger charge is -2.00. The predicted molar refractivity (Wildman–Crippen MR) is 89.9 cm³/mol. The number of hydrogen-bond donors (Lipinski definition) is 0. The highest BCUT2D eigenvalue weighted by atomic mass is 32.2. The number of nitrogens with zero attached hydrogens (tertiary/aromatic N) is 1. The van der Waals surface area contributed by atoms with Crippen LogP contribution in [0.15, 0.2) is 76.0 Å². The molecule has 110 valence electrons. The zero-order valence-electron chi connectivity index (χ0n) is 12.1. The molecule has 0 unspecified atom stereocenters. The van der Waals surface area contributed by atoms with Gasteiger partial charge in [0, 0.05) is 6.21 Å². The van der Waals surface area contributed by atoms with Crippen LogP contribution in [0.1, 0.15) is 11.1 Å². The molecule has 3 nitrogen and oxygen atoms in total. The second-order valence-corrected chi connectivity index (χ2v) is 6.76. The van der Waals surface area contributed by atoms with Gasteiger partial charge in [-0.2, -0.15) is 12.8 Å². The highest BCUT2D eigenvalue weighted by Gasteiger charge is 2.10. The molecular formula is C18H15NO2S. The van der Waals surface area contributed by atoms with Crippen LogP contribution in [0.5, 0.6) is 0 Å². The molecule has 22 heavy (non-hydrogen) atoms. The molecule has 0 atom stereocenters. The Bertz CT molecular complexity index is 942. The van der Waals surface area contributed by atoms with Crippen LogP contribution >= 0.6 is 0 Å². The van der Waals surface area contributed by atoms with Crippen LogP contribution in [0.25, 0.3) is 10.8 Å². The fraction of sp³-hybridized carbons (Fsp3) is 0.0556. The van der Waals surface area contributed by atoms with E-state index in [1.165, 1.54) is 6.21 Å². The largest absolute Gasteiger partial charge is 0.282 e. The summed E-state index contributed by atoms with van der Waals surface area (Å²) >= 11 is 0. The normalized spacial score (nSPS) is 12.0. The van der Waals surface area contributed by atoms with E-state index in [0.29, 0.717) is 0 Å². The Kier molecular flexibility index (Phi) is 3.77. The summed E-state index contributed by atoms with van der Waals surface area (Å²) in [5.74, 6) is 0. The van der Waals surface area contributed by atoms with E-state index < -0.39 is 10.0 Å². The zero-order chi connectivity index (χ0) is 15.6. The summed E-state index contributed by atoms with van der Waals surface area (Å²) in [6.45, 7) is 1.91. The molecule has 0 aliphatic rings. The van der Waals surface area contributed by atoms with E-state index in [1.807, 2.05) is 49.4 Å². The molecule has 0 saturated heterocycles. The van der Waals surface area contributed by atoms with Gasteiger partial charge in [-0.15, -0.1) is 0 Å². The molecule has 4 heteroatoms. The average molecular weight is 309 g/mol. The Morgan fingerprint density at radius 1 is 0.864 bits per heavy atom. The van der Waals surface area contributed by atoms with Gasteiger partial charge in [0.2, 0.25) is 0 Å². The number of benzene rings is 3. The molecule has 3 aromatic rings. The van der Waals surface area contributed by atoms with Crippen LogP contribution in [0.4, 0.5) is 0 Å². The number of aryl methyl sites for hydroxylation is 1. The Balaban J connectivity index is 1.92. The lowest BCUT2D eigenvalue weighted by molar-refractivity contribution is 0.598. The molecule has 0 N–H and O–H groups in total. The summed E-state index contributed by atoms with van der Waals surface area (Å²) in [5, 5.41) is 2.17. The first-order valence-electron chi connectivity index (χ1n) is 6.90. The number of sulfonamides is 1. The molecular weight excluding hydrogens is 294 g/mol. The van der Waals surface area contributed by atoms with Crippen LogP contribution in [0, 0.1) is 6.92 Å². The number of fused-ring (bicyclic) bond motifs is 1. The van der Waals surface area contributed by atoms with E-state index in [2.05, 4.69) is 4.40 Å². The van der Waals surface area contributed by atoms with Crippen molar-refractivity contribution in [1.82, 2.24) is 0 Å². The Morgan fingerprint density at radius 2 is 1.55 bits per heavy atom. The summed E-state index contributed by atoms with van der Waals surface area (Å²) in [4.78, 5) is 0.204. The van der Waals surface area contributed by atoms with E-state index in [9.17, 15) is 8.42 Å². The van der Waals surface area contributed by atoms with Gasteiger partial charge in [0.1, 0.15) is 0 Å². The van der Waals surface area contributed by atoms with Crippen LogP contribution in [0.3, 0.4) is 0 Å². The Hall–Kier alpha value is -2.46. The van der Waals surface area contributed by atoms with Crippen molar-refractivity contribution in [2.24, 2.45) is 4.40 Å². The van der Waals surface area contributed by atoms with Crippen LogP contribution in [-0.2, 0) is 10.0 Å². The minimum atomic E-state index is -3.66. The molecule has 0 fully saturated rings. The summed E-state index contributed by atoms with van der Waals surface area (Å²) < 4.78 is 28.1. The van der Waals surface area contributed by atoms with Crippen molar-refractivity contribution in [2.45, 2.75) is 11.8 Å². The Morgan fingerprint density at radius 3 is 2.27 bits per heavy atom. The molecule has 0 aliphatic heterocycles. The van der Waals surface area contributed by atoms with E-state index in [1.54, 1.807) is 24.3 Å². The molecule has 0 aliphatic carbocycles. The van der Waals surface area contributed by atoms with Gasteiger partial charge in [0.05, 0.1) is 4.90 Å². The van der Waals surface area contributed by atoms with Crippen LogP contribution in [-0.4, -0.2) is 14.6 Å². The van der Waals surface area contributed by atoms with Gasteiger partial charge < -0.3 is 0 Å². The quantitative estimate of drug-likeness (QED) is 0.688. The van der Waals surface area contributed by atoms with Crippen molar-refractivity contribution < 1.29 is 8.42 Å². The smallest absolute Gasteiger partial charge is 0.199 e. The minimum Gasteiger partial charge on any atom is -0.199 e. The monoisotopic (exact) mass is 309 g/mol. The molecule has 0 heterocycles. The number of hydrogen-bond acceptors (Lipinski definition) is 2. The maximum Gasteiger partial charge on any atom is 0.282 e. The predicted octanol–water partition coefficient (Wildman–Crippen LogP) is 3.96. The van der Waals surface area contributed by atoms with Gasteiger partial charge in [0.25, 0.3) is 10.0 Å². The molecule has 0 amide bonds. The van der Waals surface area contributed by atoms with Crippen molar-refractivity contribution in [3.63, 3.8) is 0 Å². The van der Waals surface area contributed by atoms with E-state index in [4.69, 9.17) is 0 Å². The number of rotatable bonds is 3. The molecule has 3 aromatic carbocycles. The fourth-order valence-corrected chi connectivity index (χ4v) is 3.05. The third kappa shape index (κ3) is 3.07. The van der Waals surface area contributed by atoms with Crippen LogP contribution < -0.4 is 0 Å². The summed E-state index contributed by atoms with van der Waals surface area (Å²) in [7, 11) is -3.66. The van der Waals surface area contributed by atoms with Crippen molar-refractivity contribution in [2.75, 3.05) is 0 Å². The highest BCUT2D eigenvalue weighted by Crippen LogP contribution is 2.16. The van der Waals surface area contributed by atoms with Gasteiger partial charge in [0.15, 0.2) is 0 Å².